The van der Waals surface area contributed by atoms with Crippen molar-refractivity contribution in [1.82, 2.24) is 0 Å². The summed E-state index contributed by atoms with van der Waals surface area (Å²) in [5, 5.41) is 20.3. The molecule has 0 aliphatic heterocycles. The number of carboxylic acids is 2. The van der Waals surface area contributed by atoms with Crippen LogP contribution in [0.25, 0.3) is 0 Å². The summed E-state index contributed by atoms with van der Waals surface area (Å²) in [6, 6.07) is 0. The summed E-state index contributed by atoms with van der Waals surface area (Å²) in [7, 11) is 0. The zero-order chi connectivity index (χ0) is 26.0. The number of aldehydes is 1. The Labute approximate surface area is 188 Å². The van der Waals surface area contributed by atoms with E-state index in [9.17, 15) is 55.7 Å². The predicted molar refractivity (Wildman–Crippen MR) is 81.4 cm³/mol. The fourth-order valence-corrected chi connectivity index (χ4v) is 1.69. The topological polar surface area (TPSA) is 149 Å². The van der Waals surface area contributed by atoms with E-state index in [-0.39, 0.29) is 12.8 Å². The molecule has 0 aromatic heterocycles. The van der Waals surface area contributed by atoms with Gasteiger partial charge in [-0.15, -0.1) is 0 Å². The van der Waals surface area contributed by atoms with Crippen molar-refractivity contribution in [2.24, 2.45) is 11.8 Å². The van der Waals surface area contributed by atoms with Crippen LogP contribution in [0.1, 0.15) is 46.5 Å². The van der Waals surface area contributed by atoms with Crippen LogP contribution in [0.15, 0.2) is 0 Å². The van der Waals surface area contributed by atoms with E-state index in [1.165, 1.54) is 20.8 Å². The normalized spacial score (nSPS) is 12.2. The summed E-state index contributed by atoms with van der Waals surface area (Å²) in [5.41, 5.74) is 0. The number of hydrogen-bond donors (Lipinski definition) is 0. The first-order valence-corrected chi connectivity index (χ1v) is 9.18. The average molecular weight is 546 g/mol. The maximum absolute atomic E-state index is 11.6. The summed E-state index contributed by atoms with van der Waals surface area (Å²) in [6.07, 6.45) is -12.3. The number of Topliss-reactive ketones (excluding diaryl/α,β-unsaturated/α-hetero) is 2. The number of rotatable bonds is 8. The number of halogens is 6. The average Bonchev–Trinajstić information content (AvgIpc) is 2.55. The molecule has 0 aliphatic rings. The molecule has 0 spiro atoms. The van der Waals surface area contributed by atoms with Crippen molar-refractivity contribution in [3.8, 4) is 0 Å². The SMILES string of the molecule is CC=O.CCC(C(=O)[O-])C(=O)CC(F)(F)F.CCC(C(=O)[O-])C(=O)CC(F)(F)F.[O]=[Zr+2]. The van der Waals surface area contributed by atoms with Gasteiger partial charge in [-0.1, -0.05) is 13.8 Å². The van der Waals surface area contributed by atoms with Crippen LogP contribution in [-0.2, 0) is 51.5 Å². The number of carbonyl (C=O) groups excluding carboxylic acids is 5. The molecule has 0 fully saturated rings. The Hall–Kier alpha value is -1.79. The van der Waals surface area contributed by atoms with Gasteiger partial charge in [-0.25, -0.2) is 0 Å². The number of hydrogen-bond acceptors (Lipinski definition) is 8. The Balaban J connectivity index is -0.000000194. The molecule has 0 rings (SSSR count). The van der Waals surface area contributed by atoms with Gasteiger partial charge in [-0.05, 0) is 19.8 Å². The summed E-state index contributed by atoms with van der Waals surface area (Å²) in [5.74, 6) is -9.51. The summed E-state index contributed by atoms with van der Waals surface area (Å²) >= 11 is 0.300. The Bertz CT molecular complexity index is 531. The van der Waals surface area contributed by atoms with Gasteiger partial charge in [-0.2, -0.15) is 26.3 Å². The second-order valence-electron chi connectivity index (χ2n) is 5.31. The fraction of sp³-hybridized carbons (Fsp3) is 0.688. The first-order chi connectivity index (χ1) is 14.0. The molecule has 0 aromatic rings. The van der Waals surface area contributed by atoms with Crippen LogP contribution < -0.4 is 10.2 Å². The molecule has 0 radical (unpaired) electrons. The molecule has 0 amide bonds. The van der Waals surface area contributed by atoms with E-state index in [0.29, 0.717) is 24.7 Å². The van der Waals surface area contributed by atoms with Gasteiger partial charge < -0.3 is 24.6 Å². The van der Waals surface area contributed by atoms with E-state index in [4.69, 9.17) is 7.61 Å². The van der Waals surface area contributed by atoms with E-state index in [1.807, 2.05) is 0 Å². The molecule has 15 heteroatoms. The molecular weight excluding hydrogens is 525 g/mol. The molecule has 0 bridgehead atoms. The minimum absolute atomic E-state index is 0.183. The molecule has 0 aliphatic carbocycles. The van der Waals surface area contributed by atoms with E-state index in [0.717, 1.165) is 6.29 Å². The first kappa shape index (κ1) is 36.6. The van der Waals surface area contributed by atoms with E-state index >= 15 is 0 Å². The minimum atomic E-state index is -4.65. The number of carbonyl (C=O) groups is 5. The van der Waals surface area contributed by atoms with Gasteiger partial charge in [0, 0.05) is 0 Å². The summed E-state index contributed by atoms with van der Waals surface area (Å²) < 4.78 is 78.1. The molecular formula is C16H20F6O8Zr. The Morgan fingerprint density at radius 1 is 0.774 bits per heavy atom. The van der Waals surface area contributed by atoms with E-state index in [1.54, 1.807) is 0 Å². The monoisotopic (exact) mass is 544 g/mol. The van der Waals surface area contributed by atoms with Gasteiger partial charge in [0.25, 0.3) is 0 Å². The molecule has 8 nitrogen and oxygen atoms in total. The third-order valence-electron chi connectivity index (χ3n) is 2.91. The van der Waals surface area contributed by atoms with Crippen LogP contribution in [0.5, 0.6) is 0 Å². The van der Waals surface area contributed by atoms with Crippen LogP contribution in [0.4, 0.5) is 26.3 Å². The summed E-state index contributed by atoms with van der Waals surface area (Å²) in [4.78, 5) is 50.5. The van der Waals surface area contributed by atoms with Crippen molar-refractivity contribution >= 4 is 29.8 Å². The van der Waals surface area contributed by atoms with Gasteiger partial charge in [-0.3, -0.25) is 9.59 Å². The number of alkyl halides is 6. The molecule has 0 saturated heterocycles. The zero-order valence-corrected chi connectivity index (χ0v) is 19.1. The predicted octanol–water partition coefficient (Wildman–Crippen LogP) is 0.652. The summed E-state index contributed by atoms with van der Waals surface area (Å²) in [6.45, 7) is 4.07. The van der Waals surface area contributed by atoms with Crippen molar-refractivity contribution in [2.75, 3.05) is 0 Å². The van der Waals surface area contributed by atoms with Gasteiger partial charge in [0.05, 0.1) is 23.8 Å². The fourth-order valence-electron chi connectivity index (χ4n) is 1.69. The van der Waals surface area contributed by atoms with Gasteiger partial charge in [0.1, 0.15) is 19.1 Å². The van der Waals surface area contributed by atoms with Crippen LogP contribution in [0.3, 0.4) is 0 Å². The van der Waals surface area contributed by atoms with Crippen molar-refractivity contribution in [1.29, 1.82) is 0 Å². The molecule has 0 heterocycles. The van der Waals surface area contributed by atoms with Gasteiger partial charge in [0.2, 0.25) is 0 Å². The molecule has 0 saturated carbocycles. The van der Waals surface area contributed by atoms with Crippen molar-refractivity contribution in [3.63, 3.8) is 0 Å². The molecule has 0 N–H and O–H groups in total. The van der Waals surface area contributed by atoms with Crippen molar-refractivity contribution < 1.29 is 88.1 Å². The van der Waals surface area contributed by atoms with Crippen LogP contribution in [-0.4, -0.2) is 42.1 Å². The second-order valence-corrected chi connectivity index (χ2v) is 5.31. The second kappa shape index (κ2) is 18.9. The molecule has 2 unspecified atom stereocenters. The standard InChI is InChI=1S/2C7H9F3O3.C2H4O.O.Zr/c2*1-2-4(6(12)13)5(11)3-7(8,9)10;1-2-3;;/h2*4H,2-3H2,1H3,(H,12,13);2H,1H3;;/q;;;;+2/p-2. The third-order valence-corrected chi connectivity index (χ3v) is 2.91. The maximum atomic E-state index is 11.6. The third kappa shape index (κ3) is 24.4. The molecule has 2 atom stereocenters. The van der Waals surface area contributed by atoms with E-state index < -0.39 is 60.5 Å². The molecule has 31 heavy (non-hydrogen) atoms. The van der Waals surface area contributed by atoms with Crippen molar-refractivity contribution in [2.45, 2.75) is 58.8 Å². The van der Waals surface area contributed by atoms with Crippen LogP contribution in [0, 0.1) is 11.8 Å². The Morgan fingerprint density at radius 3 is 1.06 bits per heavy atom. The Kier molecular flexibility index (Phi) is 22.3. The first-order valence-electron chi connectivity index (χ1n) is 8.18. The van der Waals surface area contributed by atoms with E-state index in [2.05, 4.69) is 0 Å². The quantitative estimate of drug-likeness (QED) is 0.245. The van der Waals surface area contributed by atoms with Gasteiger partial charge >= 0.3 is 39.9 Å². The number of carboxylic acid groups (broad SMARTS) is 2. The Morgan fingerprint density at radius 2 is 0.968 bits per heavy atom. The zero-order valence-electron chi connectivity index (χ0n) is 16.6. The number of ketones is 2. The van der Waals surface area contributed by atoms with Gasteiger partial charge in [0.15, 0.2) is 11.6 Å². The molecule has 178 valence electrons. The van der Waals surface area contributed by atoms with Crippen LogP contribution >= 0.6 is 0 Å². The number of aliphatic carboxylic acids is 2. The van der Waals surface area contributed by atoms with Crippen LogP contribution in [0.2, 0.25) is 0 Å². The van der Waals surface area contributed by atoms with Crippen molar-refractivity contribution in [3.05, 3.63) is 0 Å². The molecule has 0 aromatic carbocycles.